The van der Waals surface area contributed by atoms with Gasteiger partial charge in [-0.05, 0) is 35.5 Å². The van der Waals surface area contributed by atoms with Gasteiger partial charge in [0.1, 0.15) is 5.82 Å². The van der Waals surface area contributed by atoms with Crippen LogP contribution >= 0.6 is 12.2 Å². The Kier molecular flexibility index (Phi) is 5.62. The maximum Gasteiger partial charge on any atom is 0.176 e. The van der Waals surface area contributed by atoms with Gasteiger partial charge in [-0.2, -0.15) is 10.2 Å². The van der Waals surface area contributed by atoms with Crippen LogP contribution in [0.2, 0.25) is 0 Å². The highest BCUT2D eigenvalue weighted by Crippen LogP contribution is 2.11. The molecular weight excluding hydrogens is 387 g/mol. The second-order valence-corrected chi connectivity index (χ2v) is 6.92. The van der Waals surface area contributed by atoms with Crippen LogP contribution in [0.3, 0.4) is 0 Å². The van der Waals surface area contributed by atoms with Crippen molar-refractivity contribution in [2.24, 2.45) is 0 Å². The van der Waals surface area contributed by atoms with Crippen molar-refractivity contribution in [3.63, 3.8) is 0 Å². The Balaban J connectivity index is 1.31. The minimum Gasteiger partial charge on any atom is -0.330 e. The summed E-state index contributed by atoms with van der Waals surface area (Å²) in [6.45, 7) is 1.24. The number of nitrogens with zero attached hydrogens (tertiary/aromatic N) is 4. The van der Waals surface area contributed by atoms with Crippen molar-refractivity contribution in [1.29, 1.82) is 0 Å². The van der Waals surface area contributed by atoms with E-state index in [1.165, 1.54) is 17.7 Å². The van der Waals surface area contributed by atoms with E-state index in [0.29, 0.717) is 24.0 Å². The van der Waals surface area contributed by atoms with Crippen molar-refractivity contribution in [2.75, 3.05) is 10.6 Å². The lowest BCUT2D eigenvalue weighted by Crippen LogP contribution is -2.19. The highest BCUT2D eigenvalue weighted by atomic mass is 32.1. The van der Waals surface area contributed by atoms with Crippen LogP contribution in [0, 0.1) is 5.82 Å². The number of aromatic nitrogens is 4. The number of rotatable bonds is 6. The van der Waals surface area contributed by atoms with Crippen LogP contribution in [0.15, 0.2) is 79.3 Å². The zero-order chi connectivity index (χ0) is 20.1. The molecule has 4 aromatic rings. The fourth-order valence-electron chi connectivity index (χ4n) is 2.86. The predicted molar refractivity (Wildman–Crippen MR) is 115 cm³/mol. The van der Waals surface area contributed by atoms with Crippen molar-refractivity contribution >= 4 is 28.8 Å². The van der Waals surface area contributed by atoms with Crippen LogP contribution in [0.1, 0.15) is 11.1 Å². The number of hydrogen-bond donors (Lipinski definition) is 2. The molecule has 146 valence electrons. The smallest absolute Gasteiger partial charge is 0.176 e. The Morgan fingerprint density at radius 1 is 0.897 bits per heavy atom. The molecule has 2 N–H and O–H groups in total. The zero-order valence-corrected chi connectivity index (χ0v) is 16.3. The lowest BCUT2D eigenvalue weighted by Gasteiger charge is -2.06. The fraction of sp³-hybridized carbons (Fsp3) is 0.0952. The summed E-state index contributed by atoms with van der Waals surface area (Å²) in [4.78, 5) is 0. The van der Waals surface area contributed by atoms with Crippen LogP contribution in [0.25, 0.3) is 0 Å². The Morgan fingerprint density at radius 3 is 2.41 bits per heavy atom. The molecular formula is C21H19FN6S. The quantitative estimate of drug-likeness (QED) is 0.472. The Labute approximate surface area is 173 Å². The van der Waals surface area contributed by atoms with Gasteiger partial charge in [-0.15, -0.1) is 0 Å². The monoisotopic (exact) mass is 406 g/mol. The molecule has 0 fully saturated rings. The van der Waals surface area contributed by atoms with E-state index < -0.39 is 0 Å². The summed E-state index contributed by atoms with van der Waals surface area (Å²) in [5.41, 5.74) is 2.90. The molecule has 6 nitrogen and oxygen atoms in total. The minimum absolute atomic E-state index is 0.251. The van der Waals surface area contributed by atoms with E-state index in [2.05, 4.69) is 33.0 Å². The van der Waals surface area contributed by atoms with Crippen molar-refractivity contribution in [2.45, 2.75) is 13.1 Å². The molecule has 2 aromatic carbocycles. The average molecular weight is 406 g/mol. The van der Waals surface area contributed by atoms with E-state index in [4.69, 9.17) is 12.2 Å². The minimum atomic E-state index is -0.251. The molecule has 0 bridgehead atoms. The Bertz CT molecular complexity index is 1090. The van der Waals surface area contributed by atoms with Crippen molar-refractivity contribution < 1.29 is 4.39 Å². The Hall–Kier alpha value is -3.52. The van der Waals surface area contributed by atoms with Crippen molar-refractivity contribution in [3.05, 3.63) is 96.2 Å². The topological polar surface area (TPSA) is 59.7 Å². The molecule has 0 aliphatic rings. The largest absolute Gasteiger partial charge is 0.330 e. The third-order valence-electron chi connectivity index (χ3n) is 4.22. The van der Waals surface area contributed by atoms with Gasteiger partial charge in [-0.3, -0.25) is 9.36 Å². The summed E-state index contributed by atoms with van der Waals surface area (Å²) in [6.07, 6.45) is 5.43. The van der Waals surface area contributed by atoms with E-state index in [-0.39, 0.29) is 5.82 Å². The number of nitrogens with one attached hydrogen (secondary N) is 2. The normalized spacial score (nSPS) is 10.7. The Morgan fingerprint density at radius 2 is 1.62 bits per heavy atom. The van der Waals surface area contributed by atoms with Gasteiger partial charge in [0.05, 0.1) is 25.0 Å². The van der Waals surface area contributed by atoms with Crippen LogP contribution < -0.4 is 10.6 Å². The summed E-state index contributed by atoms with van der Waals surface area (Å²) in [7, 11) is 0. The van der Waals surface area contributed by atoms with E-state index in [9.17, 15) is 4.39 Å². The zero-order valence-electron chi connectivity index (χ0n) is 15.5. The molecule has 0 radical (unpaired) electrons. The van der Waals surface area contributed by atoms with Crippen molar-refractivity contribution in [1.82, 2.24) is 19.6 Å². The fourth-order valence-corrected chi connectivity index (χ4v) is 3.08. The van der Waals surface area contributed by atoms with E-state index in [0.717, 1.165) is 11.3 Å². The summed E-state index contributed by atoms with van der Waals surface area (Å²) in [6, 6.07) is 18.3. The van der Waals surface area contributed by atoms with Crippen LogP contribution in [-0.4, -0.2) is 24.7 Å². The van der Waals surface area contributed by atoms with Crippen molar-refractivity contribution in [3.8, 4) is 0 Å². The second kappa shape index (κ2) is 8.66. The van der Waals surface area contributed by atoms with Gasteiger partial charge in [0.25, 0.3) is 0 Å². The summed E-state index contributed by atoms with van der Waals surface area (Å²) in [5.74, 6) is 0.413. The maximum atomic E-state index is 13.0. The molecule has 0 atom stereocenters. The van der Waals surface area contributed by atoms with Crippen LogP contribution in [-0.2, 0) is 13.1 Å². The third kappa shape index (κ3) is 5.26. The molecule has 0 saturated carbocycles. The van der Waals surface area contributed by atoms with E-state index >= 15 is 0 Å². The number of benzene rings is 2. The molecule has 2 heterocycles. The highest BCUT2D eigenvalue weighted by molar-refractivity contribution is 7.80. The van der Waals surface area contributed by atoms with Gasteiger partial charge in [0.2, 0.25) is 0 Å². The third-order valence-corrected chi connectivity index (χ3v) is 4.42. The molecule has 4 rings (SSSR count). The first-order valence-corrected chi connectivity index (χ1v) is 9.47. The number of thiocarbonyl (C=S) groups is 1. The van der Waals surface area contributed by atoms with E-state index in [1.807, 2.05) is 41.3 Å². The van der Waals surface area contributed by atoms with Gasteiger partial charge in [-0.25, -0.2) is 4.39 Å². The van der Waals surface area contributed by atoms with Gasteiger partial charge in [0.15, 0.2) is 10.9 Å². The second-order valence-electron chi connectivity index (χ2n) is 6.52. The molecule has 0 saturated heterocycles. The lowest BCUT2D eigenvalue weighted by atomic mass is 10.2. The van der Waals surface area contributed by atoms with Crippen LogP contribution in [0.4, 0.5) is 15.9 Å². The number of halogens is 1. The van der Waals surface area contributed by atoms with Gasteiger partial charge >= 0.3 is 0 Å². The maximum absolute atomic E-state index is 13.0. The predicted octanol–water partition coefficient (Wildman–Crippen LogP) is 4.12. The lowest BCUT2D eigenvalue weighted by molar-refractivity contribution is 0.624. The standard InChI is InChI=1S/C21H19FN6S/c22-18-8-6-17(7-9-18)14-28-15-19(12-23-28)24-21(29)25-20-10-11-27(26-20)13-16-4-2-1-3-5-16/h1-12,15H,13-14H2,(H2,24,25,26,29). The van der Waals surface area contributed by atoms with E-state index in [1.54, 1.807) is 23.0 Å². The highest BCUT2D eigenvalue weighted by Gasteiger charge is 2.05. The first-order chi connectivity index (χ1) is 14.1. The molecule has 0 amide bonds. The summed E-state index contributed by atoms with van der Waals surface area (Å²) < 4.78 is 16.6. The molecule has 2 aromatic heterocycles. The molecule has 0 spiro atoms. The average Bonchev–Trinajstić information content (AvgIpc) is 3.34. The summed E-state index contributed by atoms with van der Waals surface area (Å²) >= 11 is 5.36. The molecule has 0 unspecified atom stereocenters. The first kappa shape index (κ1) is 18.8. The molecule has 29 heavy (non-hydrogen) atoms. The van der Waals surface area contributed by atoms with Gasteiger partial charge in [-0.1, -0.05) is 42.5 Å². The molecule has 0 aliphatic carbocycles. The summed E-state index contributed by atoms with van der Waals surface area (Å²) in [5, 5.41) is 15.4. The first-order valence-electron chi connectivity index (χ1n) is 9.06. The number of hydrogen-bond acceptors (Lipinski definition) is 3. The SMILES string of the molecule is Fc1ccc(Cn2cc(NC(=S)Nc3ccn(Cc4ccccc4)n3)cn2)cc1. The molecule has 8 heteroatoms. The van der Waals surface area contributed by atoms with Gasteiger partial charge < -0.3 is 10.6 Å². The molecule has 0 aliphatic heterocycles. The van der Waals surface area contributed by atoms with Crippen LogP contribution in [0.5, 0.6) is 0 Å². The number of anilines is 2. The van der Waals surface area contributed by atoms with Gasteiger partial charge in [0, 0.05) is 18.5 Å².